The van der Waals surface area contributed by atoms with Crippen molar-refractivity contribution in [3.8, 4) is 11.5 Å². The molecule has 0 aliphatic carbocycles. The number of rotatable bonds is 7. The van der Waals surface area contributed by atoms with Crippen LogP contribution in [0.2, 0.25) is 0 Å². The van der Waals surface area contributed by atoms with Crippen molar-refractivity contribution in [3.05, 3.63) is 38.3 Å². The number of nitrogens with one attached hydrogen (secondary N) is 1. The third-order valence-electron chi connectivity index (χ3n) is 6.47. The summed E-state index contributed by atoms with van der Waals surface area (Å²) in [7, 11) is 1.44. The van der Waals surface area contributed by atoms with Crippen LogP contribution in [-0.2, 0) is 23.9 Å². The van der Waals surface area contributed by atoms with Crippen molar-refractivity contribution in [2.75, 3.05) is 46.6 Å². The van der Waals surface area contributed by atoms with Crippen LogP contribution in [0.3, 0.4) is 0 Å². The summed E-state index contributed by atoms with van der Waals surface area (Å²) in [5.74, 6) is -3.62. The molecule has 0 spiro atoms. The fraction of sp³-hybridized carbons (Fsp3) is 0.435. The average Bonchev–Trinajstić information content (AvgIpc) is 3.38. The summed E-state index contributed by atoms with van der Waals surface area (Å²) in [5, 5.41) is 8.81. The first-order chi connectivity index (χ1) is 17.8. The lowest BCUT2D eigenvalue weighted by molar-refractivity contribution is -0.149. The molecule has 3 amide bonds. The second-order valence-corrected chi connectivity index (χ2v) is 10.8. The highest BCUT2D eigenvalue weighted by atomic mass is 32.2. The molecule has 37 heavy (non-hydrogen) atoms. The maximum absolute atomic E-state index is 13.3. The van der Waals surface area contributed by atoms with Gasteiger partial charge in [-0.3, -0.25) is 28.9 Å². The molecule has 3 aliphatic rings. The van der Waals surface area contributed by atoms with E-state index in [0.717, 1.165) is 28.0 Å². The molecular weight excluding hydrogens is 526 g/mol. The summed E-state index contributed by atoms with van der Waals surface area (Å²) in [4.78, 5) is 67.6. The Bertz CT molecular complexity index is 1320. The standard InChI is InChI=1S/C23H23N3O9S2/c1-33-13-8-11(2-3-12(13)35-10-14(27)25-4-6-34-7-5-25)16-17-19(36-20-18(16)37-23(32)24-20)22(31)26(21(17)30)9-15(28)29/h2-3,8,16-17,19H,4-7,9-10H2,1H3,(H,24,32)(H,28,29)/t16-,17+,19-/m0/s1. The normalized spacial score (nSPS) is 23.0. The highest BCUT2D eigenvalue weighted by Crippen LogP contribution is 2.53. The molecule has 196 valence electrons. The number of morpholine rings is 1. The molecule has 2 fully saturated rings. The van der Waals surface area contributed by atoms with Crippen molar-refractivity contribution in [2.24, 2.45) is 5.92 Å². The molecule has 1 aromatic heterocycles. The number of aromatic amines is 1. The molecule has 3 atom stereocenters. The molecule has 1 aromatic carbocycles. The number of carbonyl (C=O) groups excluding carboxylic acids is 3. The zero-order chi connectivity index (χ0) is 26.3. The van der Waals surface area contributed by atoms with E-state index in [9.17, 15) is 29.1 Å². The number of hydrogen-bond acceptors (Lipinski definition) is 10. The monoisotopic (exact) mass is 549 g/mol. The number of carboxylic acid groups (broad SMARTS) is 1. The lowest BCUT2D eigenvalue weighted by Gasteiger charge is -2.30. The van der Waals surface area contributed by atoms with Crippen LogP contribution in [-0.4, -0.2) is 95.4 Å². The van der Waals surface area contributed by atoms with Gasteiger partial charge in [-0.2, -0.15) is 0 Å². The number of aliphatic carboxylic acids is 1. The van der Waals surface area contributed by atoms with Gasteiger partial charge in [-0.05, 0) is 17.7 Å². The van der Waals surface area contributed by atoms with E-state index in [1.54, 1.807) is 23.1 Å². The van der Waals surface area contributed by atoms with Gasteiger partial charge in [0.15, 0.2) is 18.1 Å². The van der Waals surface area contributed by atoms with Gasteiger partial charge >= 0.3 is 10.8 Å². The van der Waals surface area contributed by atoms with E-state index in [0.29, 0.717) is 53.3 Å². The summed E-state index contributed by atoms with van der Waals surface area (Å²) in [6, 6.07) is 4.96. The number of carbonyl (C=O) groups is 4. The highest BCUT2D eigenvalue weighted by Gasteiger charge is 2.56. The minimum absolute atomic E-state index is 0.183. The smallest absolute Gasteiger partial charge is 0.323 e. The minimum Gasteiger partial charge on any atom is -0.493 e. The Morgan fingerprint density at radius 2 is 1.92 bits per heavy atom. The van der Waals surface area contributed by atoms with E-state index < -0.39 is 41.4 Å². The molecule has 4 heterocycles. The van der Waals surface area contributed by atoms with Crippen molar-refractivity contribution in [2.45, 2.75) is 16.2 Å². The molecule has 2 saturated heterocycles. The Labute approximate surface area is 218 Å². The van der Waals surface area contributed by atoms with Crippen LogP contribution >= 0.6 is 23.1 Å². The van der Waals surface area contributed by atoms with Gasteiger partial charge in [0.2, 0.25) is 11.8 Å². The van der Waals surface area contributed by atoms with Gasteiger partial charge in [0.05, 0.1) is 31.3 Å². The molecule has 0 bridgehead atoms. The molecular formula is C23H23N3O9S2. The zero-order valence-electron chi connectivity index (χ0n) is 19.6. The Kier molecular flexibility index (Phi) is 6.96. The quantitative estimate of drug-likeness (QED) is 0.463. The lowest BCUT2D eigenvalue weighted by atomic mass is 9.83. The summed E-state index contributed by atoms with van der Waals surface area (Å²) in [6.07, 6.45) is 0. The second-order valence-electron chi connectivity index (χ2n) is 8.60. The van der Waals surface area contributed by atoms with Crippen molar-refractivity contribution < 1.29 is 38.5 Å². The molecule has 3 aliphatic heterocycles. The highest BCUT2D eigenvalue weighted by molar-refractivity contribution is 8.00. The number of nitrogens with zero attached hydrogens (tertiary/aromatic N) is 2. The van der Waals surface area contributed by atoms with Crippen LogP contribution in [0.1, 0.15) is 16.4 Å². The number of imide groups is 1. The van der Waals surface area contributed by atoms with Crippen molar-refractivity contribution in [3.63, 3.8) is 0 Å². The molecule has 2 aromatic rings. The first kappa shape index (κ1) is 25.3. The summed E-state index contributed by atoms with van der Waals surface area (Å²) in [6.45, 7) is 1.02. The molecule has 0 saturated carbocycles. The first-order valence-corrected chi connectivity index (χ1v) is 13.1. The molecule has 2 N–H and O–H groups in total. The van der Waals surface area contributed by atoms with Gasteiger partial charge in [-0.1, -0.05) is 29.2 Å². The number of H-pyrrole nitrogens is 1. The number of amides is 3. The molecule has 14 heteroatoms. The first-order valence-electron chi connectivity index (χ1n) is 11.4. The van der Waals surface area contributed by atoms with Gasteiger partial charge in [0.25, 0.3) is 5.91 Å². The Hall–Kier alpha value is -3.36. The number of thiazole rings is 1. The van der Waals surface area contributed by atoms with Crippen LogP contribution in [0.25, 0.3) is 0 Å². The number of methoxy groups -OCH3 is 1. The maximum atomic E-state index is 13.3. The number of aromatic nitrogens is 1. The van der Waals surface area contributed by atoms with Crippen molar-refractivity contribution >= 4 is 46.8 Å². The van der Waals surface area contributed by atoms with E-state index >= 15 is 0 Å². The Morgan fingerprint density at radius 1 is 1.16 bits per heavy atom. The topological polar surface area (TPSA) is 156 Å². The van der Waals surface area contributed by atoms with E-state index in [-0.39, 0.29) is 17.4 Å². The van der Waals surface area contributed by atoms with Gasteiger partial charge < -0.3 is 29.2 Å². The summed E-state index contributed by atoms with van der Waals surface area (Å²) in [5.41, 5.74) is 0.592. The Morgan fingerprint density at radius 3 is 2.62 bits per heavy atom. The van der Waals surface area contributed by atoms with E-state index in [4.69, 9.17) is 14.2 Å². The molecule has 12 nitrogen and oxygen atoms in total. The Balaban J connectivity index is 1.45. The van der Waals surface area contributed by atoms with Gasteiger partial charge in [0.1, 0.15) is 11.8 Å². The van der Waals surface area contributed by atoms with Gasteiger partial charge in [0, 0.05) is 23.9 Å². The van der Waals surface area contributed by atoms with Crippen LogP contribution < -0.4 is 14.3 Å². The number of hydrogen-bond donors (Lipinski definition) is 2. The minimum atomic E-state index is -1.29. The van der Waals surface area contributed by atoms with Crippen molar-refractivity contribution in [1.82, 2.24) is 14.8 Å². The fourth-order valence-corrected chi connectivity index (χ4v) is 7.30. The van der Waals surface area contributed by atoms with Crippen LogP contribution in [0.4, 0.5) is 0 Å². The predicted octanol–water partition coefficient (Wildman–Crippen LogP) is 0.358. The number of thioether (sulfide) groups is 1. The van der Waals surface area contributed by atoms with Gasteiger partial charge in [-0.15, -0.1) is 0 Å². The molecule has 0 radical (unpaired) electrons. The predicted molar refractivity (Wildman–Crippen MR) is 130 cm³/mol. The number of fused-ring (bicyclic) bond motifs is 2. The summed E-state index contributed by atoms with van der Waals surface area (Å²) < 4.78 is 16.5. The maximum Gasteiger partial charge on any atom is 0.323 e. The summed E-state index contributed by atoms with van der Waals surface area (Å²) >= 11 is 2.02. The largest absolute Gasteiger partial charge is 0.493 e. The van der Waals surface area contributed by atoms with Gasteiger partial charge in [-0.25, -0.2) is 0 Å². The number of likely N-dealkylation sites (tertiary alicyclic amines) is 1. The number of benzene rings is 1. The lowest BCUT2D eigenvalue weighted by Crippen LogP contribution is -2.43. The average molecular weight is 550 g/mol. The number of ether oxygens (including phenoxy) is 3. The van der Waals surface area contributed by atoms with Crippen LogP contribution in [0.5, 0.6) is 11.5 Å². The zero-order valence-corrected chi connectivity index (χ0v) is 21.3. The molecule has 5 rings (SSSR count). The third-order valence-corrected chi connectivity index (χ3v) is 8.87. The number of carboxylic acids is 1. The third kappa shape index (κ3) is 4.71. The van der Waals surface area contributed by atoms with Crippen LogP contribution in [0.15, 0.2) is 28.0 Å². The van der Waals surface area contributed by atoms with E-state index in [2.05, 4.69) is 4.98 Å². The van der Waals surface area contributed by atoms with Crippen LogP contribution in [0, 0.1) is 5.92 Å². The van der Waals surface area contributed by atoms with E-state index in [1.165, 1.54) is 7.11 Å². The fourth-order valence-electron chi connectivity index (χ4n) is 4.76. The van der Waals surface area contributed by atoms with Crippen molar-refractivity contribution in [1.29, 1.82) is 0 Å². The SMILES string of the molecule is COc1cc([C@@H]2c3sc(=O)[nH]c3S[C@@H]3C(=O)N(CC(=O)O)C(=O)[C@H]23)ccc1OCC(=O)N1CCOCC1. The molecule has 0 unspecified atom stereocenters. The van der Waals surface area contributed by atoms with E-state index in [1.807, 2.05) is 0 Å². The second kappa shape index (κ2) is 10.2.